The van der Waals surface area contributed by atoms with Gasteiger partial charge in [0.15, 0.2) is 0 Å². The van der Waals surface area contributed by atoms with Gasteiger partial charge in [0.1, 0.15) is 5.69 Å². The van der Waals surface area contributed by atoms with E-state index in [9.17, 15) is 14.9 Å². The maximum atomic E-state index is 11.2. The van der Waals surface area contributed by atoms with E-state index in [0.717, 1.165) is 25.9 Å². The second-order valence-electron chi connectivity index (χ2n) is 4.94. The lowest BCUT2D eigenvalue weighted by Gasteiger charge is -2.33. The van der Waals surface area contributed by atoms with E-state index in [1.165, 1.54) is 12.1 Å². The van der Waals surface area contributed by atoms with Crippen molar-refractivity contribution >= 4 is 17.3 Å². The van der Waals surface area contributed by atoms with Gasteiger partial charge in [-0.3, -0.25) is 14.9 Å². The van der Waals surface area contributed by atoms with E-state index >= 15 is 0 Å². The van der Waals surface area contributed by atoms with Crippen LogP contribution in [0.1, 0.15) is 23.2 Å². The summed E-state index contributed by atoms with van der Waals surface area (Å²) in [5.41, 5.74) is 5.73. The molecule has 1 amide bonds. The van der Waals surface area contributed by atoms with Crippen LogP contribution in [0.5, 0.6) is 0 Å². The van der Waals surface area contributed by atoms with Crippen LogP contribution in [0, 0.1) is 10.1 Å². The van der Waals surface area contributed by atoms with Gasteiger partial charge in [0, 0.05) is 31.3 Å². The van der Waals surface area contributed by atoms with Gasteiger partial charge >= 0.3 is 0 Å². The number of rotatable bonds is 4. The van der Waals surface area contributed by atoms with Crippen molar-refractivity contribution in [2.24, 2.45) is 5.73 Å². The van der Waals surface area contributed by atoms with Crippen LogP contribution in [-0.4, -0.2) is 37.0 Å². The molecule has 0 spiro atoms. The first-order valence-electron chi connectivity index (χ1n) is 6.52. The highest BCUT2D eigenvalue weighted by molar-refractivity contribution is 5.94. The molecule has 7 heteroatoms. The second-order valence-corrected chi connectivity index (χ2v) is 4.94. The van der Waals surface area contributed by atoms with Crippen molar-refractivity contribution in [2.45, 2.75) is 18.9 Å². The molecule has 1 aliphatic heterocycles. The minimum absolute atomic E-state index is 0.0885. The fraction of sp³-hybridized carbons (Fsp3) is 0.462. The molecule has 7 nitrogen and oxygen atoms in total. The number of anilines is 1. The van der Waals surface area contributed by atoms with Gasteiger partial charge in [-0.25, -0.2) is 0 Å². The lowest BCUT2D eigenvalue weighted by atomic mass is 10.0. The fourth-order valence-electron chi connectivity index (χ4n) is 2.48. The van der Waals surface area contributed by atoms with E-state index in [1.54, 1.807) is 6.07 Å². The highest BCUT2D eigenvalue weighted by Crippen LogP contribution is 2.30. The molecule has 3 N–H and O–H groups in total. The van der Waals surface area contributed by atoms with Crippen molar-refractivity contribution in [3.63, 3.8) is 0 Å². The Labute approximate surface area is 116 Å². The number of likely N-dealkylation sites (N-methyl/N-ethyl adjacent to an activating group) is 1. The van der Waals surface area contributed by atoms with Crippen molar-refractivity contribution in [3.05, 3.63) is 33.9 Å². The van der Waals surface area contributed by atoms with Crippen LogP contribution in [0.15, 0.2) is 18.2 Å². The van der Waals surface area contributed by atoms with Crippen LogP contribution in [-0.2, 0) is 0 Å². The summed E-state index contributed by atoms with van der Waals surface area (Å²) in [6.45, 7) is 1.78. The van der Waals surface area contributed by atoms with Crippen molar-refractivity contribution in [2.75, 3.05) is 25.0 Å². The summed E-state index contributed by atoms with van der Waals surface area (Å²) in [6.07, 6.45) is 2.03. The largest absolute Gasteiger partial charge is 0.366 e. The maximum absolute atomic E-state index is 11.2. The molecule has 0 bridgehead atoms. The summed E-state index contributed by atoms with van der Waals surface area (Å²) in [5.74, 6) is -0.665. The number of nitro groups is 1. The lowest BCUT2D eigenvalue weighted by molar-refractivity contribution is -0.384. The predicted octanol–water partition coefficient (Wildman–Crippen LogP) is 0.882. The van der Waals surface area contributed by atoms with Crippen LogP contribution in [0.2, 0.25) is 0 Å². The van der Waals surface area contributed by atoms with E-state index < -0.39 is 10.8 Å². The molecular weight excluding hydrogens is 260 g/mol. The quantitative estimate of drug-likeness (QED) is 0.629. The van der Waals surface area contributed by atoms with Gasteiger partial charge in [-0.15, -0.1) is 0 Å². The summed E-state index contributed by atoms with van der Waals surface area (Å²) < 4.78 is 0. The summed E-state index contributed by atoms with van der Waals surface area (Å²) in [7, 11) is 1.84. The number of piperidine rings is 1. The number of hydrogen-bond acceptors (Lipinski definition) is 5. The Morgan fingerprint density at radius 2 is 2.30 bits per heavy atom. The third kappa shape index (κ3) is 2.88. The molecule has 0 saturated carbocycles. The molecule has 1 fully saturated rings. The number of nitrogens with two attached hydrogens (primary N) is 1. The first-order chi connectivity index (χ1) is 9.50. The maximum Gasteiger partial charge on any atom is 0.293 e. The van der Waals surface area contributed by atoms with Crippen molar-refractivity contribution in [1.29, 1.82) is 0 Å². The standard InChI is InChI=1S/C13H18N4O3/c1-16(10-3-2-6-15-8-10)11-5-4-9(13(14)18)7-12(11)17(19)20/h4-5,7,10,15H,2-3,6,8H2,1H3,(H2,14,18). The Kier molecular flexibility index (Phi) is 4.19. The van der Waals surface area contributed by atoms with Gasteiger partial charge in [-0.1, -0.05) is 0 Å². The molecule has 1 saturated heterocycles. The zero-order valence-electron chi connectivity index (χ0n) is 11.3. The number of nitrogens with zero attached hydrogens (tertiary/aromatic N) is 2. The molecule has 1 aliphatic rings. The highest BCUT2D eigenvalue weighted by Gasteiger charge is 2.25. The summed E-state index contributed by atoms with van der Waals surface area (Å²) in [5, 5.41) is 14.5. The number of primary amides is 1. The van der Waals surface area contributed by atoms with Gasteiger partial charge in [0.25, 0.3) is 5.69 Å². The number of carbonyl (C=O) groups is 1. The number of nitrogens with one attached hydrogen (secondary N) is 1. The Morgan fingerprint density at radius 3 is 2.85 bits per heavy atom. The minimum Gasteiger partial charge on any atom is -0.366 e. The molecule has 0 radical (unpaired) electrons. The molecule has 0 aromatic heterocycles. The van der Waals surface area contributed by atoms with Gasteiger partial charge in [0.05, 0.1) is 4.92 Å². The average Bonchev–Trinajstić information content (AvgIpc) is 2.46. The van der Waals surface area contributed by atoms with E-state index in [1.807, 2.05) is 11.9 Å². The minimum atomic E-state index is -0.665. The van der Waals surface area contributed by atoms with Crippen LogP contribution in [0.4, 0.5) is 11.4 Å². The summed E-state index contributed by atoms with van der Waals surface area (Å²) in [6, 6.07) is 4.57. The predicted molar refractivity (Wildman–Crippen MR) is 75.9 cm³/mol. The molecular formula is C13H18N4O3. The fourth-order valence-corrected chi connectivity index (χ4v) is 2.48. The van der Waals surface area contributed by atoms with E-state index in [0.29, 0.717) is 5.69 Å². The molecule has 20 heavy (non-hydrogen) atoms. The Bertz CT molecular complexity index is 526. The Balaban J connectivity index is 2.34. The van der Waals surface area contributed by atoms with Gasteiger partial charge in [-0.2, -0.15) is 0 Å². The third-order valence-corrected chi connectivity index (χ3v) is 3.66. The summed E-state index contributed by atoms with van der Waals surface area (Å²) in [4.78, 5) is 23.7. The van der Waals surface area contributed by atoms with Crippen LogP contribution in [0.3, 0.4) is 0 Å². The van der Waals surface area contributed by atoms with E-state index in [2.05, 4.69) is 5.32 Å². The van der Waals surface area contributed by atoms with Crippen LogP contribution < -0.4 is 16.0 Å². The van der Waals surface area contributed by atoms with Crippen molar-refractivity contribution < 1.29 is 9.72 Å². The van der Waals surface area contributed by atoms with Crippen molar-refractivity contribution in [3.8, 4) is 0 Å². The number of benzene rings is 1. The SMILES string of the molecule is CN(c1ccc(C(N)=O)cc1[N+](=O)[O-])C1CCCNC1. The number of nitro benzene ring substituents is 1. The number of hydrogen-bond donors (Lipinski definition) is 2. The number of carbonyl (C=O) groups excluding carboxylic acids is 1. The zero-order chi connectivity index (χ0) is 14.7. The second kappa shape index (κ2) is 5.87. The summed E-state index contributed by atoms with van der Waals surface area (Å²) >= 11 is 0. The van der Waals surface area contributed by atoms with Crippen molar-refractivity contribution in [1.82, 2.24) is 5.32 Å². The van der Waals surface area contributed by atoms with Crippen LogP contribution >= 0.6 is 0 Å². The number of amides is 1. The van der Waals surface area contributed by atoms with E-state index in [-0.39, 0.29) is 17.3 Å². The molecule has 1 heterocycles. The molecule has 2 rings (SSSR count). The molecule has 1 aromatic carbocycles. The molecule has 1 aromatic rings. The monoisotopic (exact) mass is 278 g/mol. The van der Waals surface area contributed by atoms with Gasteiger partial charge in [-0.05, 0) is 31.5 Å². The van der Waals surface area contributed by atoms with Gasteiger partial charge in [0.2, 0.25) is 5.91 Å². The third-order valence-electron chi connectivity index (χ3n) is 3.66. The smallest absolute Gasteiger partial charge is 0.293 e. The first-order valence-corrected chi connectivity index (χ1v) is 6.52. The molecule has 0 aliphatic carbocycles. The Morgan fingerprint density at radius 1 is 1.55 bits per heavy atom. The normalized spacial score (nSPS) is 18.6. The first kappa shape index (κ1) is 14.3. The lowest BCUT2D eigenvalue weighted by Crippen LogP contribution is -2.44. The van der Waals surface area contributed by atoms with E-state index in [4.69, 9.17) is 5.73 Å². The molecule has 1 unspecified atom stereocenters. The van der Waals surface area contributed by atoms with Gasteiger partial charge < -0.3 is 16.0 Å². The Hall–Kier alpha value is -2.15. The zero-order valence-corrected chi connectivity index (χ0v) is 11.3. The highest BCUT2D eigenvalue weighted by atomic mass is 16.6. The molecule has 1 atom stereocenters. The molecule has 108 valence electrons. The topological polar surface area (TPSA) is 102 Å². The van der Waals surface area contributed by atoms with Crippen LogP contribution in [0.25, 0.3) is 0 Å². The average molecular weight is 278 g/mol.